The van der Waals surface area contributed by atoms with E-state index in [1.165, 1.54) is 10.4 Å². The first kappa shape index (κ1) is 13.0. The molecule has 0 spiro atoms. The molecule has 0 aromatic heterocycles. The van der Waals surface area contributed by atoms with Crippen molar-refractivity contribution in [2.24, 2.45) is 0 Å². The van der Waals surface area contributed by atoms with Crippen LogP contribution in [0.3, 0.4) is 0 Å². The summed E-state index contributed by atoms with van der Waals surface area (Å²) in [6, 6.07) is 4.77. The van der Waals surface area contributed by atoms with Gasteiger partial charge in [0.2, 0.25) is 15.9 Å². The van der Waals surface area contributed by atoms with Crippen LogP contribution in [0.15, 0.2) is 23.1 Å². The van der Waals surface area contributed by atoms with Crippen LogP contribution in [0.5, 0.6) is 0 Å². The Hall–Kier alpha value is -1.40. The Labute approximate surface area is 107 Å². The normalized spacial score (nSPS) is 14.7. The molecule has 1 amide bonds. The zero-order chi connectivity index (χ0) is 13.3. The lowest BCUT2D eigenvalue weighted by Gasteiger charge is -2.18. The number of nitrogens with zero attached hydrogens (tertiary/aromatic N) is 1. The number of carbonyl (C=O) groups excluding carboxylic acids is 1. The van der Waals surface area contributed by atoms with Crippen molar-refractivity contribution < 1.29 is 13.2 Å². The van der Waals surface area contributed by atoms with Crippen LogP contribution in [-0.2, 0) is 21.2 Å². The van der Waals surface area contributed by atoms with Crippen LogP contribution in [0.4, 0.5) is 5.69 Å². The standard InChI is InChI=1S/C12H16N2O3S/c1-3-14(4-2)18(16,17)10-5-6-11-9(7-10)8-12(15)13-11/h5-7H,3-4,8H2,1-2H3,(H,13,15). The molecule has 0 atom stereocenters. The topological polar surface area (TPSA) is 66.5 Å². The fraction of sp³-hybridized carbons (Fsp3) is 0.417. The molecule has 1 aliphatic rings. The summed E-state index contributed by atoms with van der Waals surface area (Å²) >= 11 is 0. The Kier molecular flexibility index (Phi) is 3.41. The molecule has 0 bridgehead atoms. The molecule has 1 aliphatic heterocycles. The predicted molar refractivity (Wildman–Crippen MR) is 68.9 cm³/mol. The number of sulfonamides is 1. The summed E-state index contributed by atoms with van der Waals surface area (Å²) in [5.74, 6) is -0.0950. The number of rotatable bonds is 4. The number of benzene rings is 1. The van der Waals surface area contributed by atoms with Gasteiger partial charge in [0.1, 0.15) is 0 Å². The van der Waals surface area contributed by atoms with Crippen molar-refractivity contribution in [1.82, 2.24) is 4.31 Å². The van der Waals surface area contributed by atoms with E-state index in [0.29, 0.717) is 18.8 Å². The molecule has 98 valence electrons. The SMILES string of the molecule is CCN(CC)S(=O)(=O)c1ccc2c(c1)CC(=O)N2. The maximum Gasteiger partial charge on any atom is 0.243 e. The molecule has 1 aromatic carbocycles. The van der Waals surface area contributed by atoms with E-state index in [1.807, 2.05) is 0 Å². The molecule has 0 radical (unpaired) electrons. The van der Waals surface area contributed by atoms with Crippen LogP contribution in [0, 0.1) is 0 Å². The van der Waals surface area contributed by atoms with Crippen LogP contribution < -0.4 is 5.32 Å². The summed E-state index contributed by atoms with van der Waals surface area (Å²) in [6.07, 6.45) is 0.247. The predicted octanol–water partition coefficient (Wildman–Crippen LogP) is 1.21. The summed E-state index contributed by atoms with van der Waals surface area (Å²) in [5.41, 5.74) is 1.45. The second-order valence-electron chi connectivity index (χ2n) is 4.13. The summed E-state index contributed by atoms with van der Waals surface area (Å²) in [6.45, 7) is 4.49. The smallest absolute Gasteiger partial charge is 0.243 e. The molecule has 0 saturated carbocycles. The minimum atomic E-state index is -3.45. The fourth-order valence-corrected chi connectivity index (χ4v) is 3.59. The van der Waals surface area contributed by atoms with Crippen molar-refractivity contribution in [2.45, 2.75) is 25.2 Å². The van der Waals surface area contributed by atoms with Crippen molar-refractivity contribution in [3.8, 4) is 0 Å². The van der Waals surface area contributed by atoms with Gasteiger partial charge in [0.05, 0.1) is 11.3 Å². The third-order valence-electron chi connectivity index (χ3n) is 3.04. The van der Waals surface area contributed by atoms with Crippen molar-refractivity contribution in [2.75, 3.05) is 18.4 Å². The van der Waals surface area contributed by atoms with Crippen LogP contribution >= 0.6 is 0 Å². The summed E-state index contributed by atoms with van der Waals surface area (Å²) in [5, 5.41) is 2.69. The van der Waals surface area contributed by atoms with Gasteiger partial charge in [0.15, 0.2) is 0 Å². The van der Waals surface area contributed by atoms with Crippen LogP contribution in [0.1, 0.15) is 19.4 Å². The molecule has 1 N–H and O–H groups in total. The number of hydrogen-bond donors (Lipinski definition) is 1. The molecule has 0 fully saturated rings. The molecule has 6 heteroatoms. The number of hydrogen-bond acceptors (Lipinski definition) is 3. The Bertz CT molecular complexity index is 577. The minimum Gasteiger partial charge on any atom is -0.326 e. The average molecular weight is 268 g/mol. The summed E-state index contributed by atoms with van der Waals surface area (Å²) < 4.78 is 26.0. The molecule has 0 unspecified atom stereocenters. The van der Waals surface area contributed by atoms with Crippen LogP contribution in [0.2, 0.25) is 0 Å². The first-order valence-corrected chi connectivity index (χ1v) is 7.36. The number of carbonyl (C=O) groups is 1. The molecule has 2 rings (SSSR count). The molecule has 1 heterocycles. The third kappa shape index (κ3) is 2.13. The van der Waals surface area contributed by atoms with Gasteiger partial charge in [-0.15, -0.1) is 0 Å². The molecule has 0 aliphatic carbocycles. The van der Waals surface area contributed by atoms with E-state index in [1.54, 1.807) is 26.0 Å². The fourth-order valence-electron chi connectivity index (χ4n) is 2.08. The lowest BCUT2D eigenvalue weighted by molar-refractivity contribution is -0.115. The van der Waals surface area contributed by atoms with Gasteiger partial charge in [-0.25, -0.2) is 8.42 Å². The summed E-state index contributed by atoms with van der Waals surface area (Å²) in [4.78, 5) is 11.5. The maximum absolute atomic E-state index is 12.3. The van der Waals surface area contributed by atoms with Gasteiger partial charge in [-0.1, -0.05) is 13.8 Å². The van der Waals surface area contributed by atoms with Crippen molar-refractivity contribution >= 4 is 21.6 Å². The van der Waals surface area contributed by atoms with Crippen molar-refractivity contribution in [3.63, 3.8) is 0 Å². The lowest BCUT2D eigenvalue weighted by atomic mass is 10.2. The quantitative estimate of drug-likeness (QED) is 0.892. The van der Waals surface area contributed by atoms with E-state index in [0.717, 1.165) is 5.56 Å². The number of amides is 1. The van der Waals surface area contributed by atoms with E-state index in [2.05, 4.69) is 5.32 Å². The zero-order valence-electron chi connectivity index (χ0n) is 10.4. The maximum atomic E-state index is 12.3. The first-order chi connectivity index (χ1) is 8.48. The van der Waals surface area contributed by atoms with Gasteiger partial charge < -0.3 is 5.32 Å². The van der Waals surface area contributed by atoms with Gasteiger partial charge in [-0.2, -0.15) is 4.31 Å². The van der Waals surface area contributed by atoms with Gasteiger partial charge in [0, 0.05) is 18.8 Å². The molecule has 1 aromatic rings. The van der Waals surface area contributed by atoms with Crippen molar-refractivity contribution in [3.05, 3.63) is 23.8 Å². The monoisotopic (exact) mass is 268 g/mol. The van der Waals surface area contributed by atoms with Gasteiger partial charge >= 0.3 is 0 Å². The first-order valence-electron chi connectivity index (χ1n) is 5.92. The molecular formula is C12H16N2O3S. The molecule has 18 heavy (non-hydrogen) atoms. The zero-order valence-corrected chi connectivity index (χ0v) is 11.3. The van der Waals surface area contributed by atoms with E-state index < -0.39 is 10.0 Å². The Morgan fingerprint density at radius 2 is 1.94 bits per heavy atom. The van der Waals surface area contributed by atoms with Crippen LogP contribution in [0.25, 0.3) is 0 Å². The molecular weight excluding hydrogens is 252 g/mol. The highest BCUT2D eigenvalue weighted by molar-refractivity contribution is 7.89. The molecule has 0 saturated heterocycles. The van der Waals surface area contributed by atoms with Gasteiger partial charge in [-0.3, -0.25) is 4.79 Å². The van der Waals surface area contributed by atoms with Gasteiger partial charge in [0.25, 0.3) is 0 Å². The average Bonchev–Trinajstić information content (AvgIpc) is 2.69. The Morgan fingerprint density at radius 3 is 2.56 bits per heavy atom. The number of fused-ring (bicyclic) bond motifs is 1. The van der Waals surface area contributed by atoms with E-state index >= 15 is 0 Å². The van der Waals surface area contributed by atoms with Crippen molar-refractivity contribution in [1.29, 1.82) is 0 Å². The highest BCUT2D eigenvalue weighted by Gasteiger charge is 2.25. The number of nitrogens with one attached hydrogen (secondary N) is 1. The Morgan fingerprint density at radius 1 is 1.28 bits per heavy atom. The Balaban J connectivity index is 2.41. The molecule has 5 nitrogen and oxygen atoms in total. The highest BCUT2D eigenvalue weighted by Crippen LogP contribution is 2.27. The largest absolute Gasteiger partial charge is 0.326 e. The van der Waals surface area contributed by atoms with E-state index in [4.69, 9.17) is 0 Å². The third-order valence-corrected chi connectivity index (χ3v) is 5.09. The minimum absolute atomic E-state index is 0.0950. The summed E-state index contributed by atoms with van der Waals surface area (Å²) in [7, 11) is -3.45. The van der Waals surface area contributed by atoms with E-state index in [9.17, 15) is 13.2 Å². The number of anilines is 1. The lowest BCUT2D eigenvalue weighted by Crippen LogP contribution is -2.30. The second-order valence-corrected chi connectivity index (χ2v) is 6.07. The van der Waals surface area contributed by atoms with Gasteiger partial charge in [-0.05, 0) is 23.8 Å². The highest BCUT2D eigenvalue weighted by atomic mass is 32.2. The second kappa shape index (κ2) is 4.70. The van der Waals surface area contributed by atoms with E-state index in [-0.39, 0.29) is 17.2 Å². The van der Waals surface area contributed by atoms with Crippen LogP contribution in [-0.4, -0.2) is 31.7 Å².